The first-order chi connectivity index (χ1) is 15.8. The highest BCUT2D eigenvalue weighted by molar-refractivity contribution is 7.91. The van der Waals surface area contributed by atoms with Gasteiger partial charge in [0.05, 0.1) is 39.6 Å². The molecule has 3 rings (SSSR count). The summed E-state index contributed by atoms with van der Waals surface area (Å²) < 4.78 is 37.6. The fourth-order valence-electron chi connectivity index (χ4n) is 3.16. The van der Waals surface area contributed by atoms with Crippen LogP contribution in [-0.2, 0) is 25.9 Å². The summed E-state index contributed by atoms with van der Waals surface area (Å²) in [4.78, 5) is 29.8. The van der Waals surface area contributed by atoms with Crippen molar-refractivity contribution >= 4 is 43.3 Å². The molecule has 33 heavy (non-hydrogen) atoms. The highest BCUT2D eigenvalue weighted by atomic mass is 32.2. The molecule has 0 fully saturated rings. The predicted molar refractivity (Wildman–Crippen MR) is 126 cm³/mol. The number of fused-ring (bicyclic) bond motifs is 1. The van der Waals surface area contributed by atoms with Gasteiger partial charge in [0.15, 0.2) is 14.6 Å². The minimum atomic E-state index is -3.45. The van der Waals surface area contributed by atoms with Gasteiger partial charge in [0.25, 0.3) is 5.91 Å². The van der Waals surface area contributed by atoms with E-state index in [1.54, 1.807) is 32.0 Å². The topological polar surface area (TPSA) is 104 Å². The van der Waals surface area contributed by atoms with E-state index in [-0.39, 0.29) is 22.8 Å². The number of sulfone groups is 1. The number of carbonyl (C=O) groups is 2. The maximum atomic E-state index is 12.9. The van der Waals surface area contributed by atoms with E-state index in [1.807, 2.05) is 11.5 Å². The number of carbonyl (C=O) groups excluding carboxylic acids is 2. The number of aromatic nitrogens is 1. The van der Waals surface area contributed by atoms with Gasteiger partial charge in [0, 0.05) is 18.7 Å². The molecule has 8 nitrogen and oxygen atoms in total. The lowest BCUT2D eigenvalue weighted by molar-refractivity contribution is 0.0526. The van der Waals surface area contributed by atoms with Crippen molar-refractivity contribution in [3.05, 3.63) is 58.4 Å². The van der Waals surface area contributed by atoms with Crippen molar-refractivity contribution in [1.82, 2.24) is 4.57 Å². The number of ether oxygens (including phenoxy) is 2. The molecule has 1 aromatic heterocycles. The van der Waals surface area contributed by atoms with Crippen LogP contribution in [0.1, 0.15) is 41.5 Å². The summed E-state index contributed by atoms with van der Waals surface area (Å²) in [5.74, 6) is -1.03. The first kappa shape index (κ1) is 24.8. The SMILES string of the molecule is CCOCCn1c(=NC(=O)c2cccc(S(=O)(=O)CC)c2)sc2cc(C(=O)OCC)ccc21. The van der Waals surface area contributed by atoms with Crippen molar-refractivity contribution in [3.63, 3.8) is 0 Å². The average molecular weight is 491 g/mol. The minimum absolute atomic E-state index is 0.0572. The molecule has 0 N–H and O–H groups in total. The molecule has 0 aliphatic rings. The minimum Gasteiger partial charge on any atom is -0.462 e. The van der Waals surface area contributed by atoms with Crippen LogP contribution < -0.4 is 4.80 Å². The molecule has 1 amide bonds. The van der Waals surface area contributed by atoms with E-state index in [2.05, 4.69) is 4.99 Å². The van der Waals surface area contributed by atoms with Crippen LogP contribution in [0, 0.1) is 0 Å². The van der Waals surface area contributed by atoms with Crippen molar-refractivity contribution < 1.29 is 27.5 Å². The Balaban J connectivity index is 2.07. The molecule has 3 aromatic rings. The second-order valence-corrected chi connectivity index (χ2v) is 10.3. The lowest BCUT2D eigenvalue weighted by atomic mass is 10.2. The van der Waals surface area contributed by atoms with Crippen LogP contribution in [0.4, 0.5) is 0 Å². The van der Waals surface area contributed by atoms with Crippen LogP contribution in [0.15, 0.2) is 52.4 Å². The van der Waals surface area contributed by atoms with E-state index >= 15 is 0 Å². The molecule has 1 heterocycles. The number of nitrogens with zero attached hydrogens (tertiary/aromatic N) is 2. The molecule has 0 unspecified atom stereocenters. The Labute approximate surface area is 196 Å². The number of thiazole rings is 1. The lowest BCUT2D eigenvalue weighted by Gasteiger charge is -2.06. The summed E-state index contributed by atoms with van der Waals surface area (Å²) in [7, 11) is -3.45. The van der Waals surface area contributed by atoms with E-state index in [0.717, 1.165) is 10.2 Å². The van der Waals surface area contributed by atoms with Gasteiger partial charge in [-0.3, -0.25) is 4.79 Å². The maximum absolute atomic E-state index is 12.9. The summed E-state index contributed by atoms with van der Waals surface area (Å²) in [5.41, 5.74) is 1.41. The Morgan fingerprint density at radius 1 is 1.03 bits per heavy atom. The molecule has 0 spiro atoms. The summed E-state index contributed by atoms with van der Waals surface area (Å²) in [6.45, 7) is 6.91. The van der Waals surface area contributed by atoms with Gasteiger partial charge < -0.3 is 14.0 Å². The molecule has 0 atom stereocenters. The molecular formula is C23H26N2O6S2. The van der Waals surface area contributed by atoms with Gasteiger partial charge in [-0.2, -0.15) is 4.99 Å². The van der Waals surface area contributed by atoms with Gasteiger partial charge in [-0.05, 0) is 50.2 Å². The Morgan fingerprint density at radius 2 is 1.82 bits per heavy atom. The second-order valence-electron chi connectivity index (χ2n) is 6.98. The van der Waals surface area contributed by atoms with Gasteiger partial charge in [0.2, 0.25) is 0 Å². The third kappa shape index (κ3) is 5.76. The summed E-state index contributed by atoms with van der Waals surface area (Å²) in [5, 5.41) is 0. The zero-order valence-electron chi connectivity index (χ0n) is 18.7. The number of benzene rings is 2. The number of hydrogen-bond donors (Lipinski definition) is 0. The van der Waals surface area contributed by atoms with Gasteiger partial charge in [-0.1, -0.05) is 24.3 Å². The number of rotatable bonds is 9. The molecule has 10 heteroatoms. The smallest absolute Gasteiger partial charge is 0.338 e. The number of amides is 1. The fraction of sp³-hybridized carbons (Fsp3) is 0.348. The molecular weight excluding hydrogens is 464 g/mol. The third-order valence-corrected chi connectivity index (χ3v) is 7.65. The first-order valence-corrected chi connectivity index (χ1v) is 13.1. The summed E-state index contributed by atoms with van der Waals surface area (Å²) in [6, 6.07) is 11.1. The van der Waals surface area contributed by atoms with Crippen molar-refractivity contribution in [1.29, 1.82) is 0 Å². The first-order valence-electron chi connectivity index (χ1n) is 10.6. The van der Waals surface area contributed by atoms with E-state index in [9.17, 15) is 18.0 Å². The van der Waals surface area contributed by atoms with Crippen LogP contribution >= 0.6 is 11.3 Å². The van der Waals surface area contributed by atoms with Crippen molar-refractivity contribution in [3.8, 4) is 0 Å². The third-order valence-electron chi connectivity index (χ3n) is 4.87. The second kappa shape index (κ2) is 10.9. The highest BCUT2D eigenvalue weighted by Crippen LogP contribution is 2.21. The van der Waals surface area contributed by atoms with Gasteiger partial charge in [-0.15, -0.1) is 0 Å². The average Bonchev–Trinajstić information content (AvgIpc) is 3.15. The number of hydrogen-bond acceptors (Lipinski definition) is 7. The lowest BCUT2D eigenvalue weighted by Crippen LogP contribution is -2.20. The van der Waals surface area contributed by atoms with E-state index in [0.29, 0.717) is 30.1 Å². The molecule has 0 aliphatic heterocycles. The van der Waals surface area contributed by atoms with Crippen LogP contribution in [0.5, 0.6) is 0 Å². The van der Waals surface area contributed by atoms with Gasteiger partial charge >= 0.3 is 5.97 Å². The molecule has 0 bridgehead atoms. The summed E-state index contributed by atoms with van der Waals surface area (Å²) in [6.07, 6.45) is 0. The fourth-order valence-corrected chi connectivity index (χ4v) is 5.18. The van der Waals surface area contributed by atoms with Crippen LogP contribution in [-0.4, -0.2) is 50.4 Å². The van der Waals surface area contributed by atoms with Crippen molar-refractivity contribution in [2.45, 2.75) is 32.2 Å². The Kier molecular flexibility index (Phi) is 8.17. The van der Waals surface area contributed by atoms with Crippen LogP contribution in [0.2, 0.25) is 0 Å². The summed E-state index contributed by atoms with van der Waals surface area (Å²) >= 11 is 1.26. The highest BCUT2D eigenvalue weighted by Gasteiger charge is 2.16. The predicted octanol–water partition coefficient (Wildman–Crippen LogP) is 3.45. The van der Waals surface area contributed by atoms with Crippen molar-refractivity contribution in [2.75, 3.05) is 25.6 Å². The van der Waals surface area contributed by atoms with Crippen LogP contribution in [0.3, 0.4) is 0 Å². The Morgan fingerprint density at radius 3 is 2.52 bits per heavy atom. The van der Waals surface area contributed by atoms with E-state index in [4.69, 9.17) is 9.47 Å². The molecule has 176 valence electrons. The Hall–Kier alpha value is -2.82. The molecule has 0 saturated heterocycles. The van der Waals surface area contributed by atoms with Gasteiger partial charge in [0.1, 0.15) is 0 Å². The monoisotopic (exact) mass is 490 g/mol. The number of esters is 1. The maximum Gasteiger partial charge on any atom is 0.338 e. The van der Waals surface area contributed by atoms with Gasteiger partial charge in [-0.25, -0.2) is 13.2 Å². The van der Waals surface area contributed by atoms with Crippen LogP contribution in [0.25, 0.3) is 10.2 Å². The van der Waals surface area contributed by atoms with E-state index in [1.165, 1.54) is 35.6 Å². The molecule has 0 saturated carbocycles. The standard InChI is InChI=1S/C23H26N2O6S2/c1-4-30-13-12-25-19-11-10-17(22(27)31-5-2)15-20(19)32-23(25)24-21(26)16-8-7-9-18(14-16)33(28,29)6-3/h7-11,14-15H,4-6,12-13H2,1-3H3. The van der Waals surface area contributed by atoms with Crippen molar-refractivity contribution in [2.24, 2.45) is 4.99 Å². The van der Waals surface area contributed by atoms with E-state index < -0.39 is 21.7 Å². The normalized spacial score (nSPS) is 12.3. The zero-order chi connectivity index (χ0) is 24.0. The quantitative estimate of drug-likeness (QED) is 0.336. The molecule has 0 aliphatic carbocycles. The Bertz CT molecular complexity index is 1340. The largest absolute Gasteiger partial charge is 0.462 e. The molecule has 2 aromatic carbocycles. The molecule has 0 radical (unpaired) electrons. The zero-order valence-corrected chi connectivity index (χ0v) is 20.4.